The van der Waals surface area contributed by atoms with Gasteiger partial charge in [-0.05, 0) is 30.3 Å². The van der Waals surface area contributed by atoms with Crippen molar-refractivity contribution in [3.63, 3.8) is 0 Å². The Balaban J connectivity index is 1.91. The molecule has 2 aromatic carbocycles. The lowest BCUT2D eigenvalue weighted by Crippen LogP contribution is -2.37. The number of methoxy groups -OCH3 is 3. The molecule has 0 saturated carbocycles. The number of hydrogen-bond acceptors (Lipinski definition) is 5. The Bertz CT molecular complexity index is 919. The van der Waals surface area contributed by atoms with Gasteiger partial charge in [-0.3, -0.25) is 9.59 Å². The highest BCUT2D eigenvalue weighted by Gasteiger charge is 2.42. The third kappa shape index (κ3) is 5.11. The zero-order chi connectivity index (χ0) is 22.4. The van der Waals surface area contributed by atoms with Crippen molar-refractivity contribution in [1.29, 1.82) is 0 Å². The maximum atomic E-state index is 13.1. The molecule has 8 heteroatoms. The van der Waals surface area contributed by atoms with E-state index in [-0.39, 0.29) is 17.7 Å². The molecule has 1 fully saturated rings. The van der Waals surface area contributed by atoms with Gasteiger partial charge in [0.05, 0.1) is 26.7 Å². The summed E-state index contributed by atoms with van der Waals surface area (Å²) in [6.07, 6.45) is 0. The molecule has 0 unspecified atom stereocenters. The Morgan fingerprint density at radius 1 is 1.06 bits per heavy atom. The Labute approximate surface area is 187 Å². The predicted octanol–water partition coefficient (Wildman–Crippen LogP) is 2.98. The summed E-state index contributed by atoms with van der Waals surface area (Å²) >= 11 is 5.95. The number of benzene rings is 2. The summed E-state index contributed by atoms with van der Waals surface area (Å²) in [6, 6.07) is 12.3. The smallest absolute Gasteiger partial charge is 0.253 e. The van der Waals surface area contributed by atoms with E-state index in [4.69, 9.17) is 25.8 Å². The summed E-state index contributed by atoms with van der Waals surface area (Å²) < 4.78 is 16.1. The summed E-state index contributed by atoms with van der Waals surface area (Å²) in [5, 5.41) is 3.47. The summed E-state index contributed by atoms with van der Waals surface area (Å²) in [5.41, 5.74) is 1.36. The first-order valence-electron chi connectivity index (χ1n) is 10.0. The van der Waals surface area contributed by atoms with Crippen LogP contribution in [-0.2, 0) is 9.53 Å². The molecule has 2 atom stereocenters. The Morgan fingerprint density at radius 2 is 1.81 bits per heavy atom. The monoisotopic (exact) mass is 446 g/mol. The molecule has 0 bridgehead atoms. The van der Waals surface area contributed by atoms with Crippen LogP contribution in [0.15, 0.2) is 42.5 Å². The van der Waals surface area contributed by atoms with Crippen LogP contribution in [-0.4, -0.2) is 64.3 Å². The van der Waals surface area contributed by atoms with Crippen molar-refractivity contribution >= 4 is 23.4 Å². The average molecular weight is 447 g/mol. The normalized spacial score (nSPS) is 18.0. The van der Waals surface area contributed by atoms with Gasteiger partial charge >= 0.3 is 0 Å². The van der Waals surface area contributed by atoms with E-state index in [0.29, 0.717) is 48.3 Å². The van der Waals surface area contributed by atoms with Crippen molar-refractivity contribution < 1.29 is 23.8 Å². The minimum atomic E-state index is -0.436. The number of nitrogens with zero attached hydrogens (tertiary/aromatic N) is 1. The molecule has 1 aliphatic rings. The SMILES string of the molecule is COCCNC(=O)[C@@H]1CN(C(=O)c2ccc(Cl)cc2)C[C@H]1c1cccc(OC)c1OC. The molecule has 1 aliphatic heterocycles. The van der Waals surface area contributed by atoms with Crippen LogP contribution in [0.2, 0.25) is 5.02 Å². The van der Waals surface area contributed by atoms with E-state index < -0.39 is 5.92 Å². The zero-order valence-corrected chi connectivity index (χ0v) is 18.6. The zero-order valence-electron chi connectivity index (χ0n) is 17.9. The summed E-state index contributed by atoms with van der Waals surface area (Å²) in [5.74, 6) is 0.207. The van der Waals surface area contributed by atoms with Crippen molar-refractivity contribution in [2.24, 2.45) is 5.92 Å². The average Bonchev–Trinajstić information content (AvgIpc) is 3.24. The molecule has 166 valence electrons. The molecule has 3 rings (SSSR count). The second kappa shape index (κ2) is 10.5. The fourth-order valence-electron chi connectivity index (χ4n) is 3.94. The molecule has 0 aromatic heterocycles. The number of ether oxygens (including phenoxy) is 3. The van der Waals surface area contributed by atoms with Crippen LogP contribution in [0.5, 0.6) is 11.5 Å². The fraction of sp³-hybridized carbons (Fsp3) is 0.391. The molecule has 0 spiro atoms. The van der Waals surface area contributed by atoms with Crippen molar-refractivity contribution in [3.8, 4) is 11.5 Å². The number of nitrogens with one attached hydrogen (secondary N) is 1. The summed E-state index contributed by atoms with van der Waals surface area (Å²) in [6.45, 7) is 1.50. The highest BCUT2D eigenvalue weighted by atomic mass is 35.5. The van der Waals surface area contributed by atoms with Crippen LogP contribution < -0.4 is 14.8 Å². The third-order valence-electron chi connectivity index (χ3n) is 5.47. The summed E-state index contributed by atoms with van der Waals surface area (Å²) in [4.78, 5) is 27.8. The number of amides is 2. The second-order valence-electron chi connectivity index (χ2n) is 7.30. The molecule has 1 heterocycles. The van der Waals surface area contributed by atoms with E-state index in [2.05, 4.69) is 5.32 Å². The van der Waals surface area contributed by atoms with Crippen molar-refractivity contribution in [2.75, 3.05) is 47.6 Å². The first-order valence-corrected chi connectivity index (χ1v) is 10.4. The number of carbonyl (C=O) groups excluding carboxylic acids is 2. The maximum Gasteiger partial charge on any atom is 0.253 e. The minimum Gasteiger partial charge on any atom is -0.493 e. The lowest BCUT2D eigenvalue weighted by Gasteiger charge is -2.21. The van der Waals surface area contributed by atoms with E-state index in [1.165, 1.54) is 0 Å². The molecule has 0 radical (unpaired) electrons. The van der Waals surface area contributed by atoms with Crippen LogP contribution >= 0.6 is 11.6 Å². The van der Waals surface area contributed by atoms with Crippen molar-refractivity contribution in [2.45, 2.75) is 5.92 Å². The number of likely N-dealkylation sites (tertiary alicyclic amines) is 1. The molecule has 7 nitrogen and oxygen atoms in total. The fourth-order valence-corrected chi connectivity index (χ4v) is 4.06. The number of para-hydroxylation sites is 1. The van der Waals surface area contributed by atoms with Crippen LogP contribution in [0.1, 0.15) is 21.8 Å². The van der Waals surface area contributed by atoms with E-state index in [1.54, 1.807) is 50.5 Å². The topological polar surface area (TPSA) is 77.1 Å². The van der Waals surface area contributed by atoms with Crippen LogP contribution in [0.25, 0.3) is 0 Å². The largest absolute Gasteiger partial charge is 0.493 e. The van der Waals surface area contributed by atoms with E-state index >= 15 is 0 Å². The van der Waals surface area contributed by atoms with Gasteiger partial charge in [-0.15, -0.1) is 0 Å². The first kappa shape index (κ1) is 22.9. The lowest BCUT2D eigenvalue weighted by molar-refractivity contribution is -0.125. The van der Waals surface area contributed by atoms with Gasteiger partial charge in [0.15, 0.2) is 11.5 Å². The van der Waals surface area contributed by atoms with Crippen LogP contribution in [0.3, 0.4) is 0 Å². The van der Waals surface area contributed by atoms with Gasteiger partial charge in [0.25, 0.3) is 5.91 Å². The molecule has 0 aliphatic carbocycles. The van der Waals surface area contributed by atoms with Gasteiger partial charge in [0.1, 0.15) is 0 Å². The highest BCUT2D eigenvalue weighted by Crippen LogP contribution is 2.42. The molecule has 1 N–H and O–H groups in total. The van der Waals surface area contributed by atoms with Crippen molar-refractivity contribution in [3.05, 3.63) is 58.6 Å². The molecule has 1 saturated heterocycles. The Kier molecular flexibility index (Phi) is 7.76. The molecule has 2 amide bonds. The van der Waals surface area contributed by atoms with Crippen LogP contribution in [0, 0.1) is 5.92 Å². The second-order valence-corrected chi connectivity index (χ2v) is 7.73. The lowest BCUT2D eigenvalue weighted by atomic mass is 9.87. The van der Waals surface area contributed by atoms with E-state index in [1.807, 2.05) is 18.2 Å². The van der Waals surface area contributed by atoms with Crippen LogP contribution in [0.4, 0.5) is 0 Å². The van der Waals surface area contributed by atoms with Gasteiger partial charge in [0, 0.05) is 48.8 Å². The van der Waals surface area contributed by atoms with E-state index in [0.717, 1.165) is 5.56 Å². The predicted molar refractivity (Wildman–Crippen MR) is 118 cm³/mol. The molecule has 31 heavy (non-hydrogen) atoms. The van der Waals surface area contributed by atoms with Gasteiger partial charge in [0.2, 0.25) is 5.91 Å². The quantitative estimate of drug-likeness (QED) is 0.631. The molecular weight excluding hydrogens is 420 g/mol. The maximum absolute atomic E-state index is 13.1. The van der Waals surface area contributed by atoms with Gasteiger partial charge in [-0.25, -0.2) is 0 Å². The Morgan fingerprint density at radius 3 is 2.45 bits per heavy atom. The third-order valence-corrected chi connectivity index (χ3v) is 5.73. The minimum absolute atomic E-state index is 0.127. The van der Waals surface area contributed by atoms with Gasteiger partial charge < -0.3 is 24.4 Å². The Hall–Kier alpha value is -2.77. The van der Waals surface area contributed by atoms with Crippen molar-refractivity contribution in [1.82, 2.24) is 10.2 Å². The van der Waals surface area contributed by atoms with Gasteiger partial charge in [-0.2, -0.15) is 0 Å². The number of hydrogen-bond donors (Lipinski definition) is 1. The molecule has 2 aromatic rings. The standard InChI is InChI=1S/C23H27ClN2O5/c1-29-12-11-25-22(27)19-14-26(23(28)15-7-9-16(24)10-8-15)13-18(19)17-5-4-6-20(30-2)21(17)31-3/h4-10,18-19H,11-14H2,1-3H3,(H,25,27)/t18-,19+/m0/s1. The highest BCUT2D eigenvalue weighted by molar-refractivity contribution is 6.30. The first-order chi connectivity index (χ1) is 15.0. The van der Waals surface area contributed by atoms with E-state index in [9.17, 15) is 9.59 Å². The summed E-state index contributed by atoms with van der Waals surface area (Å²) in [7, 11) is 4.72. The number of carbonyl (C=O) groups is 2. The number of halogens is 1. The number of rotatable bonds is 8. The van der Waals surface area contributed by atoms with Gasteiger partial charge in [-0.1, -0.05) is 23.7 Å². The molecular formula is C23H27ClN2O5.